The number of fused-ring (bicyclic) bond motifs is 1. The van der Waals surface area contributed by atoms with Crippen LogP contribution in [0.4, 0.5) is 0 Å². The van der Waals surface area contributed by atoms with Crippen LogP contribution < -0.4 is 18.9 Å². The Bertz CT molecular complexity index is 1160. The number of carbonyl (C=O) groups is 1. The molecule has 0 N–H and O–H groups in total. The molecule has 6 heteroatoms. The van der Waals surface area contributed by atoms with Gasteiger partial charge in [-0.2, -0.15) is 0 Å². The molecule has 178 valence electrons. The molecule has 0 atom stereocenters. The number of aryl methyl sites for hydroxylation is 2. The topological polar surface area (TPSA) is 57.2 Å². The van der Waals surface area contributed by atoms with E-state index in [9.17, 15) is 4.79 Å². The molecule has 1 heterocycles. The molecule has 0 fully saturated rings. The van der Waals surface area contributed by atoms with E-state index in [2.05, 4.69) is 37.3 Å². The van der Waals surface area contributed by atoms with E-state index in [4.69, 9.17) is 18.9 Å². The highest BCUT2D eigenvalue weighted by atomic mass is 16.5. The molecule has 0 unspecified atom stereocenters. The van der Waals surface area contributed by atoms with Crippen molar-refractivity contribution >= 4 is 5.91 Å². The first-order valence-electron chi connectivity index (χ1n) is 11.4. The Balaban J connectivity index is 1.58. The van der Waals surface area contributed by atoms with Crippen LogP contribution in [-0.4, -0.2) is 45.3 Å². The normalized spacial score (nSPS) is 12.9. The first-order chi connectivity index (χ1) is 16.5. The van der Waals surface area contributed by atoms with Crippen molar-refractivity contribution < 1.29 is 23.7 Å². The summed E-state index contributed by atoms with van der Waals surface area (Å²) in [5, 5.41) is 0. The quantitative estimate of drug-likeness (QED) is 0.493. The van der Waals surface area contributed by atoms with Gasteiger partial charge < -0.3 is 23.8 Å². The Morgan fingerprint density at radius 2 is 1.59 bits per heavy atom. The number of nitrogens with zero attached hydrogens (tertiary/aromatic N) is 1. The Kier molecular flexibility index (Phi) is 7.26. The number of hydrogen-bond donors (Lipinski definition) is 0. The highest BCUT2D eigenvalue weighted by molar-refractivity contribution is 5.77. The standard InChI is InChI=1S/C28H31NO5/c1-19-5-7-20(8-6-19)9-12-27(30)29-13-14-34-28-23(18-29)15-22(17-26(28)33-4)21-10-11-24(31-2)25(16-21)32-3/h5-8,10-11,15-17H,9,12-14,18H2,1-4H3. The summed E-state index contributed by atoms with van der Waals surface area (Å²) in [5.41, 5.74) is 5.22. The molecule has 3 aromatic carbocycles. The molecule has 6 nitrogen and oxygen atoms in total. The molecule has 1 amide bonds. The van der Waals surface area contributed by atoms with Gasteiger partial charge in [0.15, 0.2) is 23.0 Å². The number of hydrogen-bond acceptors (Lipinski definition) is 5. The lowest BCUT2D eigenvalue weighted by Gasteiger charge is -2.20. The van der Waals surface area contributed by atoms with E-state index in [1.165, 1.54) is 11.1 Å². The lowest BCUT2D eigenvalue weighted by Crippen LogP contribution is -2.32. The fourth-order valence-corrected chi connectivity index (χ4v) is 4.19. The van der Waals surface area contributed by atoms with Crippen LogP contribution in [0.1, 0.15) is 23.1 Å². The molecular weight excluding hydrogens is 430 g/mol. The molecule has 0 radical (unpaired) electrons. The highest BCUT2D eigenvalue weighted by Gasteiger charge is 2.23. The van der Waals surface area contributed by atoms with Gasteiger partial charge in [-0.05, 0) is 54.3 Å². The molecule has 4 rings (SSSR count). The average Bonchev–Trinajstić information content (AvgIpc) is 3.09. The molecule has 0 bridgehead atoms. The van der Waals surface area contributed by atoms with E-state index >= 15 is 0 Å². The van der Waals surface area contributed by atoms with Crippen LogP contribution in [0.15, 0.2) is 54.6 Å². The van der Waals surface area contributed by atoms with Gasteiger partial charge in [-0.3, -0.25) is 4.79 Å². The van der Waals surface area contributed by atoms with E-state index in [1.54, 1.807) is 21.3 Å². The number of benzene rings is 3. The Morgan fingerprint density at radius 3 is 2.29 bits per heavy atom. The molecule has 1 aliphatic rings. The summed E-state index contributed by atoms with van der Waals surface area (Å²) in [5.74, 6) is 2.78. The number of methoxy groups -OCH3 is 3. The smallest absolute Gasteiger partial charge is 0.223 e. The van der Waals surface area contributed by atoms with Crippen LogP contribution in [0, 0.1) is 6.92 Å². The molecule has 0 saturated heterocycles. The van der Waals surface area contributed by atoms with Crippen LogP contribution in [0.2, 0.25) is 0 Å². The average molecular weight is 462 g/mol. The third-order valence-electron chi connectivity index (χ3n) is 6.14. The lowest BCUT2D eigenvalue weighted by molar-refractivity contribution is -0.131. The predicted octanol–water partition coefficient (Wildman–Crippen LogP) is 5.04. The van der Waals surface area contributed by atoms with E-state index in [0.717, 1.165) is 23.1 Å². The van der Waals surface area contributed by atoms with Crippen LogP contribution >= 0.6 is 0 Å². The summed E-state index contributed by atoms with van der Waals surface area (Å²) in [6.07, 6.45) is 1.18. The Morgan fingerprint density at radius 1 is 0.882 bits per heavy atom. The maximum Gasteiger partial charge on any atom is 0.223 e. The minimum absolute atomic E-state index is 0.118. The highest BCUT2D eigenvalue weighted by Crippen LogP contribution is 2.40. The van der Waals surface area contributed by atoms with E-state index < -0.39 is 0 Å². The number of rotatable bonds is 7. The van der Waals surface area contributed by atoms with Crippen molar-refractivity contribution in [2.45, 2.75) is 26.3 Å². The molecule has 0 saturated carbocycles. The molecular formula is C28H31NO5. The van der Waals surface area contributed by atoms with Crippen molar-refractivity contribution in [3.05, 3.63) is 71.3 Å². The number of ether oxygens (including phenoxy) is 4. The SMILES string of the molecule is COc1ccc(-c2cc3c(c(OC)c2)OCCN(C(=O)CCc2ccc(C)cc2)C3)cc1OC. The van der Waals surface area contributed by atoms with Crippen LogP contribution in [-0.2, 0) is 17.8 Å². The van der Waals surface area contributed by atoms with Crippen molar-refractivity contribution in [1.29, 1.82) is 0 Å². The Labute approximate surface area is 201 Å². The van der Waals surface area contributed by atoms with Crippen molar-refractivity contribution in [2.75, 3.05) is 34.5 Å². The van der Waals surface area contributed by atoms with Gasteiger partial charge in [0, 0.05) is 18.5 Å². The van der Waals surface area contributed by atoms with Gasteiger partial charge in [0.2, 0.25) is 5.91 Å². The van der Waals surface area contributed by atoms with E-state index in [1.807, 2.05) is 29.2 Å². The summed E-state index contributed by atoms with van der Waals surface area (Å²) in [6, 6.07) is 18.1. The van der Waals surface area contributed by atoms with Crippen molar-refractivity contribution in [3.8, 4) is 34.1 Å². The van der Waals surface area contributed by atoms with Crippen LogP contribution in [0.5, 0.6) is 23.0 Å². The molecule has 3 aromatic rings. The molecule has 1 aliphatic heterocycles. The summed E-state index contributed by atoms with van der Waals surface area (Å²) in [4.78, 5) is 14.9. The van der Waals surface area contributed by atoms with Crippen LogP contribution in [0.25, 0.3) is 11.1 Å². The molecule has 0 aliphatic carbocycles. The first-order valence-corrected chi connectivity index (χ1v) is 11.4. The summed E-state index contributed by atoms with van der Waals surface area (Å²) in [7, 11) is 4.87. The van der Waals surface area contributed by atoms with Crippen molar-refractivity contribution in [2.24, 2.45) is 0 Å². The van der Waals surface area contributed by atoms with E-state index in [-0.39, 0.29) is 5.91 Å². The van der Waals surface area contributed by atoms with Gasteiger partial charge in [0.1, 0.15) is 6.61 Å². The fraction of sp³-hybridized carbons (Fsp3) is 0.321. The van der Waals surface area contributed by atoms with Gasteiger partial charge >= 0.3 is 0 Å². The van der Waals surface area contributed by atoms with Gasteiger partial charge in [0.25, 0.3) is 0 Å². The second-order valence-electron chi connectivity index (χ2n) is 8.39. The van der Waals surface area contributed by atoms with Gasteiger partial charge in [-0.25, -0.2) is 0 Å². The monoisotopic (exact) mass is 461 g/mol. The predicted molar refractivity (Wildman–Crippen MR) is 132 cm³/mol. The summed E-state index contributed by atoms with van der Waals surface area (Å²) in [6.45, 7) is 3.50. The molecule has 0 aromatic heterocycles. The third kappa shape index (κ3) is 5.11. The summed E-state index contributed by atoms with van der Waals surface area (Å²) >= 11 is 0. The van der Waals surface area contributed by atoms with Crippen molar-refractivity contribution in [3.63, 3.8) is 0 Å². The number of carbonyl (C=O) groups excluding carboxylic acids is 1. The zero-order chi connectivity index (χ0) is 24.1. The van der Waals surface area contributed by atoms with Gasteiger partial charge in [-0.1, -0.05) is 35.9 Å². The molecule has 0 spiro atoms. The number of amides is 1. The zero-order valence-corrected chi connectivity index (χ0v) is 20.2. The zero-order valence-electron chi connectivity index (χ0n) is 20.2. The lowest BCUT2D eigenvalue weighted by atomic mass is 10.0. The fourth-order valence-electron chi connectivity index (χ4n) is 4.19. The maximum absolute atomic E-state index is 13.1. The van der Waals surface area contributed by atoms with E-state index in [0.29, 0.717) is 49.1 Å². The second-order valence-corrected chi connectivity index (χ2v) is 8.39. The maximum atomic E-state index is 13.1. The second kappa shape index (κ2) is 10.5. The van der Waals surface area contributed by atoms with Crippen LogP contribution in [0.3, 0.4) is 0 Å². The first kappa shape index (κ1) is 23.5. The van der Waals surface area contributed by atoms with Gasteiger partial charge in [0.05, 0.1) is 27.9 Å². The largest absolute Gasteiger partial charge is 0.493 e. The summed E-state index contributed by atoms with van der Waals surface area (Å²) < 4.78 is 22.5. The minimum atomic E-state index is 0.118. The third-order valence-corrected chi connectivity index (χ3v) is 6.14. The van der Waals surface area contributed by atoms with Gasteiger partial charge in [-0.15, -0.1) is 0 Å². The Hall–Kier alpha value is -3.67. The minimum Gasteiger partial charge on any atom is -0.493 e. The molecule has 34 heavy (non-hydrogen) atoms. The van der Waals surface area contributed by atoms with Crippen molar-refractivity contribution in [1.82, 2.24) is 4.90 Å².